The van der Waals surface area contributed by atoms with Crippen LogP contribution >= 0.6 is 0 Å². The second-order valence-electron chi connectivity index (χ2n) is 9.06. The molecule has 4 aliphatic rings. The quantitative estimate of drug-likeness (QED) is 0.422. The van der Waals surface area contributed by atoms with E-state index in [1.807, 2.05) is 0 Å². The van der Waals surface area contributed by atoms with Crippen molar-refractivity contribution in [2.24, 2.45) is 28.6 Å². The third-order valence-corrected chi connectivity index (χ3v) is 8.08. The molecule has 0 spiro atoms. The van der Waals surface area contributed by atoms with Gasteiger partial charge in [-0.3, -0.25) is 4.79 Å². The largest absolute Gasteiger partial charge is 0.462 e. The summed E-state index contributed by atoms with van der Waals surface area (Å²) >= 11 is 0. The first-order valence-corrected chi connectivity index (χ1v) is 9.88. The van der Waals surface area contributed by atoms with E-state index in [0.717, 1.165) is 44.0 Å². The van der Waals surface area contributed by atoms with Gasteiger partial charge in [-0.25, -0.2) is 4.39 Å². The Bertz CT molecular complexity index is 614. The maximum atomic E-state index is 13.9. The minimum absolute atomic E-state index is 0.00934. The third kappa shape index (κ3) is 2.43. The first kappa shape index (κ1) is 17.2. The number of allylic oxidation sites excluding steroid dienone is 2. The van der Waals surface area contributed by atoms with E-state index < -0.39 is 11.6 Å². The van der Waals surface area contributed by atoms with E-state index in [4.69, 9.17) is 4.74 Å². The van der Waals surface area contributed by atoms with Crippen LogP contribution in [0.15, 0.2) is 11.6 Å². The van der Waals surface area contributed by atoms with Crippen LogP contribution in [0.2, 0.25) is 0 Å². The smallest absolute Gasteiger partial charge is 0.302 e. The van der Waals surface area contributed by atoms with Gasteiger partial charge >= 0.3 is 5.97 Å². The molecule has 7 unspecified atom stereocenters. The van der Waals surface area contributed by atoms with Crippen molar-refractivity contribution in [2.75, 3.05) is 0 Å². The molecule has 3 nitrogen and oxygen atoms in total. The van der Waals surface area contributed by atoms with Crippen LogP contribution in [0.3, 0.4) is 0 Å². The van der Waals surface area contributed by atoms with Crippen LogP contribution in [0.25, 0.3) is 0 Å². The van der Waals surface area contributed by atoms with Gasteiger partial charge in [0.25, 0.3) is 0 Å². The Kier molecular flexibility index (Phi) is 4.08. The normalized spacial score (nSPS) is 48.6. The van der Waals surface area contributed by atoms with E-state index in [1.54, 1.807) is 0 Å². The molecule has 0 saturated heterocycles. The fourth-order valence-electron chi connectivity index (χ4n) is 6.89. The van der Waals surface area contributed by atoms with Crippen LogP contribution in [0, 0.1) is 28.6 Å². The maximum absolute atomic E-state index is 13.9. The zero-order valence-corrected chi connectivity index (χ0v) is 15.3. The fraction of sp³-hybridized carbons (Fsp3) is 0.810. The lowest BCUT2D eigenvalue weighted by Gasteiger charge is -2.56. The van der Waals surface area contributed by atoms with Crippen LogP contribution in [-0.4, -0.2) is 24.5 Å². The lowest BCUT2D eigenvalue weighted by Crippen LogP contribution is -2.53. The summed E-state index contributed by atoms with van der Waals surface area (Å²) in [6, 6.07) is 0. The Labute approximate surface area is 149 Å². The van der Waals surface area contributed by atoms with Gasteiger partial charge in [0.15, 0.2) is 0 Å². The Morgan fingerprint density at radius 3 is 2.76 bits per heavy atom. The zero-order chi connectivity index (χ0) is 17.8. The number of fused-ring (bicyclic) bond motifs is 5. The Morgan fingerprint density at radius 1 is 1.24 bits per heavy atom. The van der Waals surface area contributed by atoms with E-state index in [1.165, 1.54) is 6.92 Å². The summed E-state index contributed by atoms with van der Waals surface area (Å²) in [5.41, 5.74) is 0.673. The van der Waals surface area contributed by atoms with Gasteiger partial charge in [0.2, 0.25) is 0 Å². The molecule has 0 radical (unpaired) electrons. The standard InChI is InChI=1S/C21H29FO3/c1-13(24)25-19-6-5-17-16-4-3-14-11-15(22)7-10-21(14,12-23)18(16)8-9-20(17,19)2/h3,12,15-19H,4-11H2,1-2H3. The second-order valence-corrected chi connectivity index (χ2v) is 9.06. The van der Waals surface area contributed by atoms with Crippen molar-refractivity contribution in [1.82, 2.24) is 0 Å². The van der Waals surface area contributed by atoms with E-state index >= 15 is 0 Å². The van der Waals surface area contributed by atoms with Gasteiger partial charge in [-0.2, -0.15) is 0 Å². The molecule has 0 N–H and O–H groups in total. The molecule has 0 aromatic carbocycles. The molecule has 3 fully saturated rings. The average molecular weight is 348 g/mol. The number of alkyl halides is 1. The Balaban J connectivity index is 1.65. The molecule has 0 aromatic heterocycles. The van der Waals surface area contributed by atoms with Gasteiger partial charge in [0, 0.05) is 18.8 Å². The van der Waals surface area contributed by atoms with Crippen LogP contribution in [-0.2, 0) is 14.3 Å². The molecule has 0 bridgehead atoms. The summed E-state index contributed by atoms with van der Waals surface area (Å²) < 4.78 is 19.6. The fourth-order valence-corrected chi connectivity index (χ4v) is 6.89. The number of esters is 1. The van der Waals surface area contributed by atoms with Crippen molar-refractivity contribution < 1.29 is 18.7 Å². The van der Waals surface area contributed by atoms with Crippen LogP contribution < -0.4 is 0 Å². The predicted molar refractivity (Wildman–Crippen MR) is 92.5 cm³/mol. The molecular formula is C21H29FO3. The average Bonchev–Trinajstić information content (AvgIpc) is 2.90. The van der Waals surface area contributed by atoms with Gasteiger partial charge in [-0.05, 0) is 62.7 Å². The molecule has 4 heteroatoms. The van der Waals surface area contributed by atoms with Crippen molar-refractivity contribution in [1.29, 1.82) is 0 Å². The third-order valence-electron chi connectivity index (χ3n) is 8.08. The Morgan fingerprint density at radius 2 is 2.04 bits per heavy atom. The Hall–Kier alpha value is -1.19. The highest BCUT2D eigenvalue weighted by atomic mass is 19.1. The highest BCUT2D eigenvalue weighted by Gasteiger charge is 2.60. The molecule has 0 amide bonds. The van der Waals surface area contributed by atoms with Crippen molar-refractivity contribution >= 4 is 12.3 Å². The van der Waals surface area contributed by atoms with Gasteiger partial charge in [0.05, 0.1) is 5.41 Å². The summed E-state index contributed by atoms with van der Waals surface area (Å²) in [5.74, 6) is 1.11. The van der Waals surface area contributed by atoms with Crippen molar-refractivity contribution in [2.45, 2.75) is 77.5 Å². The van der Waals surface area contributed by atoms with E-state index in [-0.39, 0.29) is 17.5 Å². The topological polar surface area (TPSA) is 43.4 Å². The van der Waals surface area contributed by atoms with Crippen molar-refractivity contribution in [3.05, 3.63) is 11.6 Å². The van der Waals surface area contributed by atoms with Crippen molar-refractivity contribution in [3.8, 4) is 0 Å². The summed E-state index contributed by atoms with van der Waals surface area (Å²) in [5, 5.41) is 0. The molecule has 4 aliphatic carbocycles. The van der Waals surface area contributed by atoms with Crippen LogP contribution in [0.1, 0.15) is 65.2 Å². The van der Waals surface area contributed by atoms with Gasteiger partial charge in [-0.1, -0.05) is 18.6 Å². The number of carbonyl (C=O) groups excluding carboxylic acids is 2. The summed E-state index contributed by atoms with van der Waals surface area (Å²) in [4.78, 5) is 23.7. The van der Waals surface area contributed by atoms with Gasteiger partial charge < -0.3 is 9.53 Å². The van der Waals surface area contributed by atoms with E-state index in [9.17, 15) is 14.0 Å². The number of hydrogen-bond acceptors (Lipinski definition) is 3. The minimum atomic E-state index is -0.787. The number of halogens is 1. The maximum Gasteiger partial charge on any atom is 0.302 e. The lowest BCUT2D eigenvalue weighted by atomic mass is 9.48. The van der Waals surface area contributed by atoms with Crippen LogP contribution in [0.4, 0.5) is 4.39 Å². The molecule has 0 aliphatic heterocycles. The monoisotopic (exact) mass is 348 g/mol. The molecule has 0 heterocycles. The first-order valence-electron chi connectivity index (χ1n) is 9.88. The zero-order valence-electron chi connectivity index (χ0n) is 15.3. The summed E-state index contributed by atoms with van der Waals surface area (Å²) in [7, 11) is 0. The van der Waals surface area contributed by atoms with Crippen LogP contribution in [0.5, 0.6) is 0 Å². The van der Waals surface area contributed by atoms with Crippen molar-refractivity contribution in [3.63, 3.8) is 0 Å². The predicted octanol–water partition coefficient (Wildman–Crippen LogP) is 4.40. The van der Waals surface area contributed by atoms with E-state index in [0.29, 0.717) is 37.0 Å². The lowest BCUT2D eigenvalue weighted by molar-refractivity contribution is -0.157. The van der Waals surface area contributed by atoms with Gasteiger partial charge in [0.1, 0.15) is 18.6 Å². The minimum Gasteiger partial charge on any atom is -0.462 e. The highest BCUT2D eigenvalue weighted by molar-refractivity contribution is 5.67. The highest BCUT2D eigenvalue weighted by Crippen LogP contribution is 2.64. The molecule has 4 rings (SSSR count). The number of aldehydes is 1. The molecule has 25 heavy (non-hydrogen) atoms. The number of hydrogen-bond donors (Lipinski definition) is 0. The summed E-state index contributed by atoms with van der Waals surface area (Å²) in [6.45, 7) is 3.77. The summed E-state index contributed by atoms with van der Waals surface area (Å²) in [6.07, 6.45) is 9.13. The SMILES string of the molecule is CC(=O)OC1CCC2C3CC=C4CC(F)CCC4(C=O)C3CCC12C. The molecule has 138 valence electrons. The van der Waals surface area contributed by atoms with E-state index in [2.05, 4.69) is 13.0 Å². The molecule has 0 aromatic rings. The second kappa shape index (κ2) is 5.92. The number of ether oxygens (including phenoxy) is 1. The first-order chi connectivity index (χ1) is 11.9. The molecule has 7 atom stereocenters. The number of rotatable bonds is 2. The number of carbonyl (C=O) groups is 2. The molecular weight excluding hydrogens is 319 g/mol. The van der Waals surface area contributed by atoms with Gasteiger partial charge in [-0.15, -0.1) is 0 Å². The molecule has 3 saturated carbocycles.